The smallest absolute Gasteiger partial charge is 0.172 e. The molecule has 1 nitrogen and oxygen atoms in total. The van der Waals surface area contributed by atoms with Gasteiger partial charge in [-0.05, 0) is 60.1 Å². The molecule has 2 unspecified atom stereocenters. The largest absolute Gasteiger partial charge is 0.294 e. The van der Waals surface area contributed by atoms with Crippen molar-refractivity contribution in [3.8, 4) is 5.75 Å². The number of rotatable bonds is 3. The highest BCUT2D eigenvalue weighted by Crippen LogP contribution is 2.46. The van der Waals surface area contributed by atoms with Crippen molar-refractivity contribution >= 4 is 0 Å². The summed E-state index contributed by atoms with van der Waals surface area (Å²) >= 11 is 0. The number of halogens is 1. The Morgan fingerprint density at radius 2 is 1.64 bits per heavy atom. The second kappa shape index (κ2) is 6.72. The minimum Gasteiger partial charge on any atom is -0.294 e. The van der Waals surface area contributed by atoms with E-state index in [0.29, 0.717) is 11.7 Å². The zero-order valence-electron chi connectivity index (χ0n) is 14.3. The Bertz CT molecular complexity index is 855. The highest BCUT2D eigenvalue weighted by molar-refractivity contribution is 5.47. The number of benzene rings is 3. The summed E-state index contributed by atoms with van der Waals surface area (Å²) in [6.45, 7) is 2.11. The zero-order chi connectivity index (χ0) is 17.2. The normalized spacial score (nSPS) is 19.3. The monoisotopic (exact) mass is 332 g/mol. The maximum atomic E-state index is 12.6. The van der Waals surface area contributed by atoms with Crippen LogP contribution in [0.3, 0.4) is 0 Å². The van der Waals surface area contributed by atoms with Crippen LogP contribution in [0.5, 0.6) is 5.75 Å². The highest BCUT2D eigenvalue weighted by atomic mass is 19.3. The topological polar surface area (TPSA) is 9.23 Å². The molecule has 0 aliphatic heterocycles. The van der Waals surface area contributed by atoms with E-state index in [0.717, 1.165) is 12.8 Å². The van der Waals surface area contributed by atoms with Crippen LogP contribution in [0.2, 0.25) is 0 Å². The van der Waals surface area contributed by atoms with Gasteiger partial charge in [0, 0.05) is 10.4 Å². The summed E-state index contributed by atoms with van der Waals surface area (Å²) in [5.41, 5.74) is 6.41. The second-order valence-electron chi connectivity index (χ2n) is 6.88. The molecular weight excluding hydrogens is 311 g/mol. The van der Waals surface area contributed by atoms with Gasteiger partial charge < -0.3 is 0 Å². The van der Waals surface area contributed by atoms with E-state index in [1.54, 1.807) is 6.07 Å². The first-order chi connectivity index (χ1) is 12.3. The van der Waals surface area contributed by atoms with Gasteiger partial charge >= 0.3 is 0 Å². The van der Waals surface area contributed by atoms with E-state index in [9.17, 15) is 4.53 Å². The van der Waals surface area contributed by atoms with E-state index in [1.807, 2.05) is 12.1 Å². The second-order valence-corrected chi connectivity index (χ2v) is 6.88. The fraction of sp³-hybridized carbons (Fsp3) is 0.217. The Kier molecular flexibility index (Phi) is 4.27. The molecular formula is C23H21FO. The molecule has 2 atom stereocenters. The van der Waals surface area contributed by atoms with Crippen molar-refractivity contribution in [1.82, 2.24) is 0 Å². The van der Waals surface area contributed by atoms with Gasteiger partial charge in [0.1, 0.15) is 0 Å². The van der Waals surface area contributed by atoms with Crippen LogP contribution in [0.4, 0.5) is 4.53 Å². The van der Waals surface area contributed by atoms with E-state index in [4.69, 9.17) is 0 Å². The molecule has 2 heteroatoms. The molecule has 0 radical (unpaired) electrons. The Morgan fingerprint density at radius 1 is 0.880 bits per heavy atom. The lowest BCUT2D eigenvalue weighted by atomic mass is 9.69. The fourth-order valence-electron chi connectivity index (χ4n) is 4.09. The van der Waals surface area contributed by atoms with Crippen LogP contribution in [0.25, 0.3) is 0 Å². The van der Waals surface area contributed by atoms with E-state index >= 15 is 0 Å². The van der Waals surface area contributed by atoms with Crippen LogP contribution < -0.4 is 4.94 Å². The van der Waals surface area contributed by atoms with Crippen molar-refractivity contribution in [2.24, 2.45) is 0 Å². The van der Waals surface area contributed by atoms with Gasteiger partial charge in [-0.25, -0.2) is 0 Å². The number of fused-ring (bicyclic) bond motifs is 1. The van der Waals surface area contributed by atoms with Crippen LogP contribution in [0.1, 0.15) is 46.1 Å². The lowest BCUT2D eigenvalue weighted by Crippen LogP contribution is -2.20. The molecule has 0 saturated carbocycles. The Hall–Kier alpha value is -2.61. The molecule has 4 rings (SSSR count). The van der Waals surface area contributed by atoms with Gasteiger partial charge in [0.2, 0.25) is 0 Å². The summed E-state index contributed by atoms with van der Waals surface area (Å²) in [5.74, 6) is 0.994. The summed E-state index contributed by atoms with van der Waals surface area (Å²) in [5, 5.41) is 0. The third-order valence-electron chi connectivity index (χ3n) is 5.33. The minimum atomic E-state index is 0.278. The summed E-state index contributed by atoms with van der Waals surface area (Å²) in [6, 6.07) is 25.1. The summed E-state index contributed by atoms with van der Waals surface area (Å²) in [7, 11) is 0. The van der Waals surface area contributed by atoms with Crippen molar-refractivity contribution in [3.05, 3.63) is 101 Å². The van der Waals surface area contributed by atoms with Gasteiger partial charge in [-0.3, -0.25) is 4.94 Å². The molecule has 0 saturated heterocycles. The maximum absolute atomic E-state index is 12.6. The van der Waals surface area contributed by atoms with Crippen LogP contribution in [0.15, 0.2) is 72.8 Å². The Balaban J connectivity index is 1.84. The first-order valence-electron chi connectivity index (χ1n) is 8.79. The molecule has 25 heavy (non-hydrogen) atoms. The van der Waals surface area contributed by atoms with Gasteiger partial charge in [-0.15, -0.1) is 0 Å². The minimum absolute atomic E-state index is 0.278. The maximum Gasteiger partial charge on any atom is 0.172 e. The van der Waals surface area contributed by atoms with Gasteiger partial charge in [-0.1, -0.05) is 66.2 Å². The average molecular weight is 332 g/mol. The lowest BCUT2D eigenvalue weighted by Gasteiger charge is -2.34. The third kappa shape index (κ3) is 3.05. The first kappa shape index (κ1) is 15.9. The molecule has 126 valence electrons. The molecule has 0 aromatic heterocycles. The van der Waals surface area contributed by atoms with Crippen molar-refractivity contribution in [3.63, 3.8) is 0 Å². The number of hydrogen-bond acceptors (Lipinski definition) is 1. The van der Waals surface area contributed by atoms with Crippen molar-refractivity contribution in [1.29, 1.82) is 0 Å². The standard InChI is InChI=1S/C23H21FO/c1-16-7-9-18(10-8-16)23-21(17-5-3-2-4-6-17)13-11-19-15-20(25-24)12-14-22(19)23/h2-10,12,14-15,21,23H,11,13H2,1H3. The molecule has 3 aromatic carbocycles. The molecule has 1 aliphatic carbocycles. The molecule has 1 aliphatic rings. The quantitative estimate of drug-likeness (QED) is 0.561. The molecule has 3 aromatic rings. The highest BCUT2D eigenvalue weighted by Gasteiger charge is 2.32. The predicted molar refractivity (Wildman–Crippen MR) is 98.7 cm³/mol. The van der Waals surface area contributed by atoms with Crippen molar-refractivity contribution < 1.29 is 9.47 Å². The zero-order valence-corrected chi connectivity index (χ0v) is 14.3. The van der Waals surface area contributed by atoms with Gasteiger partial charge in [-0.2, -0.15) is 0 Å². The predicted octanol–water partition coefficient (Wildman–Crippen LogP) is 6.12. The number of aryl methyl sites for hydroxylation is 2. The van der Waals surface area contributed by atoms with E-state index in [-0.39, 0.29) is 5.92 Å². The van der Waals surface area contributed by atoms with Crippen LogP contribution >= 0.6 is 0 Å². The van der Waals surface area contributed by atoms with Gasteiger partial charge in [0.05, 0.1) is 0 Å². The van der Waals surface area contributed by atoms with Crippen molar-refractivity contribution in [2.45, 2.75) is 31.6 Å². The number of hydrogen-bond donors (Lipinski definition) is 0. The molecule has 0 N–H and O–H groups in total. The SMILES string of the molecule is Cc1ccc(C2c3ccc(OF)cc3CCC2c2ccccc2)cc1. The van der Waals surface area contributed by atoms with Crippen LogP contribution in [-0.4, -0.2) is 0 Å². The third-order valence-corrected chi connectivity index (χ3v) is 5.33. The summed E-state index contributed by atoms with van der Waals surface area (Å²) in [4.78, 5) is 3.95. The molecule has 0 bridgehead atoms. The Morgan fingerprint density at radius 3 is 2.36 bits per heavy atom. The molecule has 0 fully saturated rings. The fourth-order valence-corrected chi connectivity index (χ4v) is 4.09. The van der Waals surface area contributed by atoms with Crippen LogP contribution in [0, 0.1) is 6.92 Å². The lowest BCUT2D eigenvalue weighted by molar-refractivity contribution is -0.00634. The van der Waals surface area contributed by atoms with E-state index in [1.165, 1.54) is 27.8 Å². The summed E-state index contributed by atoms with van der Waals surface area (Å²) in [6.07, 6.45) is 1.99. The average Bonchev–Trinajstić information content (AvgIpc) is 2.68. The molecule has 0 spiro atoms. The van der Waals surface area contributed by atoms with Crippen LogP contribution in [-0.2, 0) is 6.42 Å². The summed E-state index contributed by atoms with van der Waals surface area (Å²) < 4.78 is 12.6. The molecule has 0 amide bonds. The van der Waals surface area contributed by atoms with Crippen molar-refractivity contribution in [2.75, 3.05) is 0 Å². The first-order valence-corrected chi connectivity index (χ1v) is 8.79. The Labute approximate surface area is 148 Å². The van der Waals surface area contributed by atoms with Gasteiger partial charge in [0.25, 0.3) is 0 Å². The van der Waals surface area contributed by atoms with Gasteiger partial charge in [0.15, 0.2) is 5.75 Å². The molecule has 0 heterocycles. The van der Waals surface area contributed by atoms with E-state index < -0.39 is 0 Å². The van der Waals surface area contributed by atoms with E-state index in [2.05, 4.69) is 66.5 Å².